The van der Waals surface area contributed by atoms with Crippen LogP contribution in [0.15, 0.2) is 97.2 Å². The summed E-state index contributed by atoms with van der Waals surface area (Å²) in [6.45, 7) is 0.949. The number of hydrogen-bond acceptors (Lipinski definition) is 3. The zero-order valence-corrected chi connectivity index (χ0v) is 15.9. The number of rotatable bonds is 7. The van der Waals surface area contributed by atoms with E-state index in [1.807, 2.05) is 84.9 Å². The number of amides is 1. The molecular weight excluding hydrogens is 362 g/mol. The minimum absolute atomic E-state index is 0.198. The minimum atomic E-state index is -0.198. The van der Waals surface area contributed by atoms with Gasteiger partial charge in [0.15, 0.2) is 5.69 Å². The summed E-state index contributed by atoms with van der Waals surface area (Å²) in [5.41, 5.74) is 3.40. The minimum Gasteiger partial charge on any atom is -0.489 e. The number of carbonyl (C=O) groups is 1. The summed E-state index contributed by atoms with van der Waals surface area (Å²) >= 11 is 0. The first-order valence-corrected chi connectivity index (χ1v) is 9.43. The van der Waals surface area contributed by atoms with Crippen LogP contribution in [0.3, 0.4) is 0 Å². The summed E-state index contributed by atoms with van der Waals surface area (Å²) in [4.78, 5) is 12.4. The summed E-state index contributed by atoms with van der Waals surface area (Å²) in [7, 11) is 0. The zero-order valence-electron chi connectivity index (χ0n) is 15.9. The summed E-state index contributed by atoms with van der Waals surface area (Å²) in [5, 5.41) is 7.26. The Morgan fingerprint density at radius 1 is 0.828 bits per heavy atom. The van der Waals surface area contributed by atoms with Crippen LogP contribution in [0.2, 0.25) is 0 Å². The second-order valence-corrected chi connectivity index (χ2v) is 6.58. The van der Waals surface area contributed by atoms with Crippen molar-refractivity contribution in [2.45, 2.75) is 13.2 Å². The molecule has 29 heavy (non-hydrogen) atoms. The summed E-state index contributed by atoms with van der Waals surface area (Å²) in [5.74, 6) is 0.648. The zero-order chi connectivity index (χ0) is 19.9. The molecule has 0 atom stereocenters. The fourth-order valence-electron chi connectivity index (χ4n) is 2.88. The smallest absolute Gasteiger partial charge is 0.272 e. The number of hydrogen-bond donors (Lipinski definition) is 1. The predicted molar refractivity (Wildman–Crippen MR) is 112 cm³/mol. The lowest BCUT2D eigenvalue weighted by Crippen LogP contribution is -2.23. The van der Waals surface area contributed by atoms with Gasteiger partial charge >= 0.3 is 0 Å². The third-order valence-corrected chi connectivity index (χ3v) is 4.47. The van der Waals surface area contributed by atoms with Gasteiger partial charge in [-0.05, 0) is 41.5 Å². The van der Waals surface area contributed by atoms with E-state index in [0.717, 1.165) is 22.6 Å². The molecule has 1 N–H and O–H groups in total. The standard InChI is InChI=1S/C24H21N3O2/c28-24(23-15-16-27(26-23)21-7-3-1-4-8-21)25-17-19-11-13-20(14-12-19)18-29-22-9-5-2-6-10-22/h1-16H,17-18H2,(H,25,28). The highest BCUT2D eigenvalue weighted by Gasteiger charge is 2.10. The molecule has 0 aliphatic rings. The fraction of sp³-hybridized carbons (Fsp3) is 0.0833. The molecule has 1 amide bonds. The van der Waals surface area contributed by atoms with Crippen molar-refractivity contribution in [3.05, 3.63) is 114 Å². The maximum atomic E-state index is 12.4. The highest BCUT2D eigenvalue weighted by atomic mass is 16.5. The molecule has 0 spiro atoms. The van der Waals surface area contributed by atoms with Crippen molar-refractivity contribution in [3.63, 3.8) is 0 Å². The summed E-state index contributed by atoms with van der Waals surface area (Å²) in [6.07, 6.45) is 1.78. The molecule has 0 bridgehead atoms. The van der Waals surface area contributed by atoms with Crippen LogP contribution in [-0.4, -0.2) is 15.7 Å². The number of aromatic nitrogens is 2. The SMILES string of the molecule is O=C(NCc1ccc(COc2ccccc2)cc1)c1ccn(-c2ccccc2)n1. The highest BCUT2D eigenvalue weighted by molar-refractivity contribution is 5.92. The summed E-state index contributed by atoms with van der Waals surface area (Å²) in [6, 6.07) is 29.1. The van der Waals surface area contributed by atoms with E-state index < -0.39 is 0 Å². The van der Waals surface area contributed by atoms with Gasteiger partial charge < -0.3 is 10.1 Å². The lowest BCUT2D eigenvalue weighted by Gasteiger charge is -2.08. The molecular formula is C24H21N3O2. The number of carbonyl (C=O) groups excluding carboxylic acids is 1. The number of nitrogens with one attached hydrogen (secondary N) is 1. The molecule has 0 unspecified atom stereocenters. The molecule has 0 aliphatic heterocycles. The number of nitrogens with zero attached hydrogens (tertiary/aromatic N) is 2. The second kappa shape index (κ2) is 8.89. The molecule has 5 heteroatoms. The Hall–Kier alpha value is -3.86. The van der Waals surface area contributed by atoms with Crippen LogP contribution in [0.5, 0.6) is 5.75 Å². The van der Waals surface area contributed by atoms with Crippen molar-refractivity contribution in [3.8, 4) is 11.4 Å². The van der Waals surface area contributed by atoms with Gasteiger partial charge in [0.25, 0.3) is 5.91 Å². The lowest BCUT2D eigenvalue weighted by molar-refractivity contribution is 0.0945. The first-order chi connectivity index (χ1) is 14.3. The van der Waals surface area contributed by atoms with E-state index in [0.29, 0.717) is 18.8 Å². The Balaban J connectivity index is 1.30. The number of para-hydroxylation sites is 2. The molecule has 1 aromatic heterocycles. The quantitative estimate of drug-likeness (QED) is 0.515. The molecule has 0 aliphatic carbocycles. The van der Waals surface area contributed by atoms with Crippen molar-refractivity contribution in [2.24, 2.45) is 0 Å². The molecule has 4 rings (SSSR count). The number of ether oxygens (including phenoxy) is 1. The van der Waals surface area contributed by atoms with E-state index in [-0.39, 0.29) is 5.91 Å². The first kappa shape index (κ1) is 18.5. The van der Waals surface area contributed by atoms with Crippen molar-refractivity contribution >= 4 is 5.91 Å². The molecule has 144 valence electrons. The van der Waals surface area contributed by atoms with Gasteiger partial charge in [-0.2, -0.15) is 5.10 Å². The van der Waals surface area contributed by atoms with Crippen molar-refractivity contribution in [2.75, 3.05) is 0 Å². The molecule has 1 heterocycles. The average molecular weight is 383 g/mol. The predicted octanol–water partition coefficient (Wildman–Crippen LogP) is 4.38. The molecule has 0 saturated carbocycles. The van der Waals surface area contributed by atoms with Crippen molar-refractivity contribution in [1.82, 2.24) is 15.1 Å². The van der Waals surface area contributed by atoms with Gasteiger partial charge in [0, 0.05) is 12.7 Å². The third kappa shape index (κ3) is 4.90. The van der Waals surface area contributed by atoms with E-state index >= 15 is 0 Å². The van der Waals surface area contributed by atoms with E-state index in [1.54, 1.807) is 16.9 Å². The maximum absolute atomic E-state index is 12.4. The Kier molecular flexibility index (Phi) is 5.67. The highest BCUT2D eigenvalue weighted by Crippen LogP contribution is 2.12. The van der Waals surface area contributed by atoms with Gasteiger partial charge in [-0.3, -0.25) is 4.79 Å². The molecule has 0 saturated heterocycles. The average Bonchev–Trinajstić information content (AvgIpc) is 3.29. The summed E-state index contributed by atoms with van der Waals surface area (Å²) < 4.78 is 7.44. The topological polar surface area (TPSA) is 56.1 Å². The molecule has 0 radical (unpaired) electrons. The van der Waals surface area contributed by atoms with Crippen molar-refractivity contribution in [1.29, 1.82) is 0 Å². The number of benzene rings is 3. The fourth-order valence-corrected chi connectivity index (χ4v) is 2.88. The van der Waals surface area contributed by atoms with E-state index in [1.165, 1.54) is 0 Å². The third-order valence-electron chi connectivity index (χ3n) is 4.47. The van der Waals surface area contributed by atoms with Crippen LogP contribution in [0.4, 0.5) is 0 Å². The van der Waals surface area contributed by atoms with Gasteiger partial charge in [0.2, 0.25) is 0 Å². The normalized spacial score (nSPS) is 10.5. The van der Waals surface area contributed by atoms with Gasteiger partial charge in [-0.1, -0.05) is 60.7 Å². The van der Waals surface area contributed by atoms with E-state index in [4.69, 9.17) is 4.74 Å². The van der Waals surface area contributed by atoms with Crippen LogP contribution in [-0.2, 0) is 13.2 Å². The monoisotopic (exact) mass is 383 g/mol. The Labute approximate surface area is 169 Å². The Morgan fingerprint density at radius 3 is 2.21 bits per heavy atom. The van der Waals surface area contributed by atoms with Crippen LogP contribution >= 0.6 is 0 Å². The Bertz CT molecular complexity index is 1060. The maximum Gasteiger partial charge on any atom is 0.272 e. The van der Waals surface area contributed by atoms with Crippen LogP contribution in [0, 0.1) is 0 Å². The molecule has 5 nitrogen and oxygen atoms in total. The van der Waals surface area contributed by atoms with Crippen LogP contribution in [0.1, 0.15) is 21.6 Å². The molecule has 4 aromatic rings. The van der Waals surface area contributed by atoms with Gasteiger partial charge in [-0.25, -0.2) is 4.68 Å². The Morgan fingerprint density at radius 2 is 1.48 bits per heavy atom. The van der Waals surface area contributed by atoms with Gasteiger partial charge in [0.1, 0.15) is 12.4 Å². The van der Waals surface area contributed by atoms with Crippen molar-refractivity contribution < 1.29 is 9.53 Å². The van der Waals surface area contributed by atoms with Gasteiger partial charge in [-0.15, -0.1) is 0 Å². The molecule has 0 fully saturated rings. The largest absolute Gasteiger partial charge is 0.489 e. The first-order valence-electron chi connectivity index (χ1n) is 9.43. The lowest BCUT2D eigenvalue weighted by atomic mass is 10.1. The van der Waals surface area contributed by atoms with Gasteiger partial charge in [0.05, 0.1) is 5.69 Å². The second-order valence-electron chi connectivity index (χ2n) is 6.58. The van der Waals surface area contributed by atoms with E-state index in [9.17, 15) is 4.79 Å². The van der Waals surface area contributed by atoms with E-state index in [2.05, 4.69) is 10.4 Å². The van der Waals surface area contributed by atoms with Crippen LogP contribution < -0.4 is 10.1 Å². The van der Waals surface area contributed by atoms with Crippen LogP contribution in [0.25, 0.3) is 5.69 Å². The molecule has 3 aromatic carbocycles.